The fourth-order valence-electron chi connectivity index (χ4n) is 5.16. The lowest BCUT2D eigenvalue weighted by atomic mass is 9.99. The van der Waals surface area contributed by atoms with Crippen LogP contribution in [0.3, 0.4) is 0 Å². The number of nitrogens with one attached hydrogen (secondary N) is 1. The van der Waals surface area contributed by atoms with Crippen LogP contribution in [-0.2, 0) is 16.1 Å². The van der Waals surface area contributed by atoms with Gasteiger partial charge in [-0.2, -0.15) is 0 Å². The Morgan fingerprint density at radius 2 is 1.72 bits per heavy atom. The molecule has 6 rings (SSSR count). The highest BCUT2D eigenvalue weighted by molar-refractivity contribution is 7.13. The van der Waals surface area contributed by atoms with Gasteiger partial charge in [-0.15, -0.1) is 11.3 Å². The number of anilines is 1. The second kappa shape index (κ2) is 11.1. The van der Waals surface area contributed by atoms with Crippen LogP contribution >= 0.6 is 11.3 Å². The van der Waals surface area contributed by atoms with Gasteiger partial charge in [0.05, 0.1) is 13.2 Å². The van der Waals surface area contributed by atoms with E-state index >= 15 is 0 Å². The molecule has 1 fully saturated rings. The monoisotopic (exact) mass is 540 g/mol. The third-order valence-electron chi connectivity index (χ3n) is 7.21. The predicted octanol–water partition coefficient (Wildman–Crippen LogP) is 4.47. The van der Waals surface area contributed by atoms with Gasteiger partial charge in [0.1, 0.15) is 12.3 Å². The minimum absolute atomic E-state index is 0.186. The number of rotatable bonds is 7. The maximum absolute atomic E-state index is 13.7. The smallest absolute Gasteiger partial charge is 0.255 e. The van der Waals surface area contributed by atoms with Gasteiger partial charge in [0, 0.05) is 36.8 Å². The second-order valence-corrected chi connectivity index (χ2v) is 10.5. The molecule has 2 aliphatic rings. The van der Waals surface area contributed by atoms with E-state index in [1.807, 2.05) is 77.7 Å². The largest absolute Gasteiger partial charge is 0.379 e. The minimum Gasteiger partial charge on any atom is -0.379 e. The molecule has 0 saturated carbocycles. The quantitative estimate of drug-likeness (QED) is 0.359. The molecule has 198 valence electrons. The summed E-state index contributed by atoms with van der Waals surface area (Å²) < 4.78 is 5.38. The van der Waals surface area contributed by atoms with Crippen molar-refractivity contribution in [3.8, 4) is 11.1 Å². The van der Waals surface area contributed by atoms with Crippen LogP contribution < -0.4 is 5.32 Å². The molecule has 2 amide bonds. The summed E-state index contributed by atoms with van der Waals surface area (Å²) in [6.45, 7) is 2.96. The van der Waals surface area contributed by atoms with E-state index in [-0.39, 0.29) is 11.8 Å². The molecule has 3 aromatic carbocycles. The molecule has 1 unspecified atom stereocenters. The van der Waals surface area contributed by atoms with Crippen LogP contribution in [0.5, 0.6) is 0 Å². The Morgan fingerprint density at radius 1 is 0.974 bits per heavy atom. The molecule has 1 saturated heterocycles. The zero-order valence-corrected chi connectivity index (χ0v) is 22.0. The highest BCUT2D eigenvalue weighted by Crippen LogP contribution is 2.35. The first kappa shape index (κ1) is 25.4. The number of ether oxygens (including phenoxy) is 1. The molecule has 0 bridgehead atoms. The Labute approximate surface area is 230 Å². The number of carbonyl (C=O) groups is 2. The second-order valence-electron chi connectivity index (χ2n) is 9.59. The molecule has 3 heterocycles. The maximum Gasteiger partial charge on any atom is 0.255 e. The van der Waals surface area contributed by atoms with E-state index in [0.717, 1.165) is 27.8 Å². The minimum atomic E-state index is -0.792. The van der Waals surface area contributed by atoms with E-state index in [1.165, 1.54) is 11.3 Å². The van der Waals surface area contributed by atoms with Crippen LogP contribution in [0.15, 0.2) is 84.4 Å². The zero-order chi connectivity index (χ0) is 26.8. The normalized spacial score (nSPS) is 17.1. The Bertz CT molecular complexity index is 1450. The van der Waals surface area contributed by atoms with Gasteiger partial charge in [-0.3, -0.25) is 19.8 Å². The van der Waals surface area contributed by atoms with Gasteiger partial charge in [0.15, 0.2) is 5.13 Å². The maximum atomic E-state index is 13.7. The van der Waals surface area contributed by atoms with Crippen LogP contribution in [0, 0.1) is 0 Å². The number of aromatic nitrogens is 1. The summed E-state index contributed by atoms with van der Waals surface area (Å²) in [4.78, 5) is 34.9. The zero-order valence-electron chi connectivity index (χ0n) is 21.2. The molecule has 8 nitrogen and oxygen atoms in total. The third-order valence-corrected chi connectivity index (χ3v) is 7.90. The summed E-state index contributed by atoms with van der Waals surface area (Å²) in [5.41, 5.74) is 4.88. The number of benzene rings is 3. The van der Waals surface area contributed by atoms with Crippen LogP contribution in [0.4, 0.5) is 5.13 Å². The summed E-state index contributed by atoms with van der Waals surface area (Å²) in [5, 5.41) is 15.9. The number of nitrogens with zero attached hydrogens (tertiary/aromatic N) is 3. The van der Waals surface area contributed by atoms with Gasteiger partial charge in [-0.05, 0) is 33.9 Å². The first-order valence-electron chi connectivity index (χ1n) is 12.9. The van der Waals surface area contributed by atoms with E-state index in [9.17, 15) is 14.7 Å². The van der Waals surface area contributed by atoms with Crippen molar-refractivity contribution < 1.29 is 19.4 Å². The van der Waals surface area contributed by atoms with Crippen LogP contribution in [0.2, 0.25) is 0 Å². The van der Waals surface area contributed by atoms with Gasteiger partial charge < -0.3 is 14.7 Å². The topological polar surface area (TPSA) is 95.0 Å². The first-order valence-corrected chi connectivity index (χ1v) is 13.8. The van der Waals surface area contributed by atoms with E-state index < -0.39 is 12.3 Å². The molecule has 0 aliphatic carbocycles. The Hall–Kier alpha value is -3.89. The number of morpholine rings is 1. The Kier molecular flexibility index (Phi) is 7.21. The number of thiazole rings is 1. The highest BCUT2D eigenvalue weighted by Gasteiger charge is 2.37. The molecule has 4 aromatic rings. The van der Waals surface area contributed by atoms with E-state index in [1.54, 1.807) is 16.5 Å². The summed E-state index contributed by atoms with van der Waals surface area (Å²) in [6, 6.07) is 22.2. The van der Waals surface area contributed by atoms with E-state index in [4.69, 9.17) is 4.74 Å². The van der Waals surface area contributed by atoms with Gasteiger partial charge in [-0.25, -0.2) is 4.98 Å². The van der Waals surface area contributed by atoms with Crippen molar-refractivity contribution in [2.75, 3.05) is 31.6 Å². The predicted molar refractivity (Wildman–Crippen MR) is 149 cm³/mol. The van der Waals surface area contributed by atoms with Gasteiger partial charge in [-0.1, -0.05) is 66.7 Å². The van der Waals surface area contributed by atoms with Gasteiger partial charge in [0.25, 0.3) is 11.8 Å². The number of fused-ring (bicyclic) bond motifs is 1. The molecular weight excluding hydrogens is 512 g/mol. The molecule has 39 heavy (non-hydrogen) atoms. The van der Waals surface area contributed by atoms with Crippen LogP contribution in [0.25, 0.3) is 11.1 Å². The third kappa shape index (κ3) is 5.22. The number of hydrogen-bond acceptors (Lipinski definition) is 7. The lowest BCUT2D eigenvalue weighted by Gasteiger charge is -2.31. The molecule has 0 spiro atoms. The lowest BCUT2D eigenvalue weighted by Crippen LogP contribution is -2.38. The van der Waals surface area contributed by atoms with Crippen molar-refractivity contribution in [1.82, 2.24) is 14.8 Å². The molecule has 1 aromatic heterocycles. The highest BCUT2D eigenvalue weighted by atomic mass is 32.1. The summed E-state index contributed by atoms with van der Waals surface area (Å²) in [6.07, 6.45) is 0.954. The number of aliphatic hydroxyl groups excluding tert-OH is 1. The van der Waals surface area contributed by atoms with Gasteiger partial charge >= 0.3 is 0 Å². The van der Waals surface area contributed by atoms with Crippen molar-refractivity contribution in [3.05, 3.63) is 107 Å². The molecule has 9 heteroatoms. The summed E-state index contributed by atoms with van der Waals surface area (Å²) in [7, 11) is 0. The molecule has 2 N–H and O–H groups in total. The van der Waals surface area contributed by atoms with Crippen molar-refractivity contribution >= 4 is 28.3 Å². The number of hydrogen-bond donors (Lipinski definition) is 2. The Morgan fingerprint density at radius 3 is 2.44 bits per heavy atom. The number of carbonyl (C=O) groups excluding carboxylic acids is 2. The van der Waals surface area contributed by atoms with Crippen LogP contribution in [0.1, 0.15) is 39.3 Å². The first-order chi connectivity index (χ1) is 19.1. The van der Waals surface area contributed by atoms with E-state index in [2.05, 4.69) is 10.3 Å². The average molecular weight is 541 g/mol. The lowest BCUT2D eigenvalue weighted by molar-refractivity contribution is -0.120. The molecule has 2 aliphatic heterocycles. The standard InChI is InChI=1S/C30H28N4O4S/c35-27(32-30-31-12-17-39-30)26(21-4-2-1-3-5-21)34-19-24-11-10-23(18-25(24)29(34)37)20-6-8-22(9-7-20)28(36)33-13-15-38-16-14-33/h1-12,17-18,26,28,36H,13-16,19H2,(H,31,32,35)/t26-,28?/m1/s1. The SMILES string of the molecule is O=C(Nc1nccs1)[C@@H](c1ccccc1)N1Cc2ccc(-c3ccc(C(O)N4CCOCC4)cc3)cc2C1=O. The van der Waals surface area contributed by atoms with E-state index in [0.29, 0.717) is 43.5 Å². The average Bonchev–Trinajstić information content (AvgIpc) is 3.61. The van der Waals surface area contributed by atoms with Crippen LogP contribution in [-0.4, -0.2) is 58.0 Å². The van der Waals surface area contributed by atoms with Crippen molar-refractivity contribution in [2.24, 2.45) is 0 Å². The number of aliphatic hydroxyl groups is 1. The molecular formula is C30H28N4O4S. The fourth-order valence-corrected chi connectivity index (χ4v) is 5.69. The van der Waals surface area contributed by atoms with Crippen molar-refractivity contribution in [3.63, 3.8) is 0 Å². The summed E-state index contributed by atoms with van der Waals surface area (Å²) >= 11 is 1.33. The summed E-state index contributed by atoms with van der Waals surface area (Å²) in [5.74, 6) is -0.485. The molecule has 0 radical (unpaired) electrons. The van der Waals surface area contributed by atoms with Gasteiger partial charge in [0.2, 0.25) is 0 Å². The number of amides is 2. The van der Waals surface area contributed by atoms with Crippen molar-refractivity contribution in [1.29, 1.82) is 0 Å². The fraction of sp³-hybridized carbons (Fsp3) is 0.233. The Balaban J connectivity index is 1.24. The molecule has 2 atom stereocenters. The van der Waals surface area contributed by atoms with Crippen molar-refractivity contribution in [2.45, 2.75) is 18.8 Å².